The van der Waals surface area contributed by atoms with Crippen LogP contribution in [0.5, 0.6) is 5.75 Å². The monoisotopic (exact) mass is 416 g/mol. The summed E-state index contributed by atoms with van der Waals surface area (Å²) in [5, 5.41) is 5.93. The van der Waals surface area contributed by atoms with Crippen molar-refractivity contribution in [2.75, 3.05) is 19.0 Å². The average molecular weight is 417 g/mol. The first kappa shape index (κ1) is 21.1. The van der Waals surface area contributed by atoms with Gasteiger partial charge in [-0.15, -0.1) is 11.3 Å². The van der Waals surface area contributed by atoms with Crippen molar-refractivity contribution in [1.82, 2.24) is 9.88 Å². The molecule has 1 fully saturated rings. The molecule has 156 valence electrons. The molecule has 7 nitrogen and oxygen atoms in total. The highest BCUT2D eigenvalue weighted by molar-refractivity contribution is 7.14. The number of hydrogen-bond acceptors (Lipinski definition) is 6. The fourth-order valence-electron chi connectivity index (χ4n) is 3.50. The summed E-state index contributed by atoms with van der Waals surface area (Å²) in [7, 11) is 1.63. The number of nitrogens with two attached hydrogens (primary N) is 1. The molecule has 2 amide bonds. The Hall–Kier alpha value is -2.61. The van der Waals surface area contributed by atoms with E-state index in [1.165, 1.54) is 11.3 Å². The second-order valence-corrected chi connectivity index (χ2v) is 9.16. The van der Waals surface area contributed by atoms with Crippen LogP contribution in [0.3, 0.4) is 0 Å². The maximum absolute atomic E-state index is 13.3. The van der Waals surface area contributed by atoms with Crippen molar-refractivity contribution in [1.29, 1.82) is 0 Å². The molecule has 1 aromatic heterocycles. The molecule has 0 radical (unpaired) electrons. The number of aromatic nitrogens is 1. The van der Waals surface area contributed by atoms with E-state index >= 15 is 0 Å². The molecule has 2 atom stereocenters. The zero-order chi connectivity index (χ0) is 21.2. The highest BCUT2D eigenvalue weighted by atomic mass is 32.1. The Kier molecular flexibility index (Phi) is 6.12. The first-order valence-corrected chi connectivity index (χ1v) is 10.5. The van der Waals surface area contributed by atoms with Crippen LogP contribution in [0.25, 0.3) is 11.3 Å². The number of thiazole rings is 1. The Morgan fingerprint density at radius 3 is 2.59 bits per heavy atom. The van der Waals surface area contributed by atoms with Gasteiger partial charge in [0.05, 0.1) is 12.8 Å². The lowest BCUT2D eigenvalue weighted by Gasteiger charge is -2.35. The summed E-state index contributed by atoms with van der Waals surface area (Å²) < 4.78 is 5.20. The van der Waals surface area contributed by atoms with Crippen LogP contribution in [-0.2, 0) is 9.59 Å². The van der Waals surface area contributed by atoms with Gasteiger partial charge in [-0.05, 0) is 42.5 Å². The maximum Gasteiger partial charge on any atom is 0.246 e. The summed E-state index contributed by atoms with van der Waals surface area (Å²) >= 11 is 1.45. The van der Waals surface area contributed by atoms with Crippen molar-refractivity contribution >= 4 is 28.3 Å². The summed E-state index contributed by atoms with van der Waals surface area (Å²) in [5.41, 5.74) is 6.94. The summed E-state index contributed by atoms with van der Waals surface area (Å²) in [4.78, 5) is 31.3. The lowest BCUT2D eigenvalue weighted by atomic mass is 9.85. The van der Waals surface area contributed by atoms with Crippen molar-refractivity contribution in [3.05, 3.63) is 29.6 Å². The summed E-state index contributed by atoms with van der Waals surface area (Å²) in [5.74, 6) is 0.231. The van der Waals surface area contributed by atoms with Gasteiger partial charge in [0, 0.05) is 17.5 Å². The lowest BCUT2D eigenvalue weighted by Crippen LogP contribution is -2.53. The first-order chi connectivity index (χ1) is 13.7. The van der Waals surface area contributed by atoms with Gasteiger partial charge in [-0.1, -0.05) is 20.8 Å². The van der Waals surface area contributed by atoms with Crippen LogP contribution in [-0.4, -0.2) is 47.4 Å². The predicted octanol–water partition coefficient (Wildman–Crippen LogP) is 3.12. The van der Waals surface area contributed by atoms with Gasteiger partial charge < -0.3 is 20.7 Å². The van der Waals surface area contributed by atoms with Crippen LogP contribution in [0.4, 0.5) is 5.13 Å². The second-order valence-electron chi connectivity index (χ2n) is 8.30. The Balaban J connectivity index is 1.80. The molecule has 8 heteroatoms. The van der Waals surface area contributed by atoms with Crippen molar-refractivity contribution < 1.29 is 14.3 Å². The number of methoxy groups -OCH3 is 1. The highest BCUT2D eigenvalue weighted by Gasteiger charge is 2.40. The third-order valence-electron chi connectivity index (χ3n) is 5.14. The molecule has 1 saturated heterocycles. The largest absolute Gasteiger partial charge is 0.497 e. The molecule has 3 rings (SSSR count). The Labute approximate surface area is 175 Å². The van der Waals surface area contributed by atoms with Gasteiger partial charge in [-0.25, -0.2) is 4.98 Å². The van der Waals surface area contributed by atoms with Gasteiger partial charge in [-0.2, -0.15) is 0 Å². The minimum atomic E-state index is -0.527. The predicted molar refractivity (Wildman–Crippen MR) is 115 cm³/mol. The molecule has 0 bridgehead atoms. The van der Waals surface area contributed by atoms with E-state index in [1.54, 1.807) is 12.0 Å². The second kappa shape index (κ2) is 8.41. The molecule has 0 saturated carbocycles. The number of anilines is 1. The zero-order valence-corrected chi connectivity index (χ0v) is 18.1. The number of rotatable bonds is 6. The van der Waals surface area contributed by atoms with E-state index in [9.17, 15) is 9.59 Å². The third kappa shape index (κ3) is 4.70. The number of nitrogens with one attached hydrogen (secondary N) is 1. The number of nitrogens with zero attached hydrogens (tertiary/aromatic N) is 2. The molecular weight excluding hydrogens is 388 g/mol. The van der Waals surface area contributed by atoms with Gasteiger partial charge >= 0.3 is 0 Å². The number of hydrogen-bond donors (Lipinski definition) is 2. The third-order valence-corrected chi connectivity index (χ3v) is 5.91. The van der Waals surface area contributed by atoms with Gasteiger partial charge in [0.15, 0.2) is 5.13 Å². The number of carbonyl (C=O) groups is 2. The van der Waals surface area contributed by atoms with Gasteiger partial charge in [0.25, 0.3) is 0 Å². The van der Waals surface area contributed by atoms with Crippen LogP contribution < -0.4 is 15.8 Å². The fraction of sp³-hybridized carbons (Fsp3) is 0.476. The van der Waals surface area contributed by atoms with Gasteiger partial charge in [-0.3, -0.25) is 9.59 Å². The molecule has 0 aliphatic carbocycles. The van der Waals surface area contributed by atoms with E-state index < -0.39 is 18.0 Å². The summed E-state index contributed by atoms with van der Waals surface area (Å²) in [6, 6.07) is 6.64. The van der Waals surface area contributed by atoms with E-state index in [0.29, 0.717) is 18.1 Å². The smallest absolute Gasteiger partial charge is 0.246 e. The first-order valence-electron chi connectivity index (χ1n) is 9.67. The molecule has 1 aliphatic rings. The molecule has 2 heterocycles. The van der Waals surface area contributed by atoms with Crippen molar-refractivity contribution in [3.63, 3.8) is 0 Å². The molecule has 29 heavy (non-hydrogen) atoms. The fourth-order valence-corrected chi connectivity index (χ4v) is 4.25. The van der Waals surface area contributed by atoms with Crippen LogP contribution in [0.2, 0.25) is 0 Å². The zero-order valence-electron chi connectivity index (χ0n) is 17.3. The molecule has 1 aromatic carbocycles. The minimum Gasteiger partial charge on any atom is -0.497 e. The topological polar surface area (TPSA) is 97.5 Å². The summed E-state index contributed by atoms with van der Waals surface area (Å²) in [6.07, 6.45) is 1.41. The SMILES string of the molecule is COc1ccc(-c2csc(N[C@H](C(=O)N3CCC[C@H]3C(N)=O)C(C)(C)C)n2)cc1. The molecule has 1 aliphatic heterocycles. The van der Waals surface area contributed by atoms with Crippen molar-refractivity contribution in [3.8, 4) is 17.0 Å². The number of amides is 2. The number of primary amides is 1. The molecule has 0 spiro atoms. The van der Waals surface area contributed by atoms with Gasteiger partial charge in [0.2, 0.25) is 11.8 Å². The number of likely N-dealkylation sites (tertiary alicyclic amines) is 1. The molecular formula is C21H28N4O3S. The van der Waals surface area contributed by atoms with Crippen LogP contribution >= 0.6 is 11.3 Å². The normalized spacial score (nSPS) is 17.8. The van der Waals surface area contributed by atoms with E-state index in [1.807, 2.05) is 50.4 Å². The highest BCUT2D eigenvalue weighted by Crippen LogP contribution is 2.31. The van der Waals surface area contributed by atoms with Crippen LogP contribution in [0, 0.1) is 5.41 Å². The van der Waals surface area contributed by atoms with E-state index in [4.69, 9.17) is 10.5 Å². The number of benzene rings is 1. The minimum absolute atomic E-state index is 0.111. The Bertz CT molecular complexity index is 873. The maximum atomic E-state index is 13.3. The van der Waals surface area contributed by atoms with Gasteiger partial charge in [0.1, 0.15) is 17.8 Å². The van der Waals surface area contributed by atoms with Crippen molar-refractivity contribution in [2.45, 2.75) is 45.7 Å². The molecule has 3 N–H and O–H groups in total. The van der Waals surface area contributed by atoms with E-state index in [2.05, 4.69) is 10.3 Å². The Morgan fingerprint density at radius 2 is 2.00 bits per heavy atom. The van der Waals surface area contributed by atoms with Crippen LogP contribution in [0.1, 0.15) is 33.6 Å². The number of carbonyl (C=O) groups excluding carboxylic acids is 2. The van der Waals surface area contributed by atoms with E-state index in [-0.39, 0.29) is 11.3 Å². The van der Waals surface area contributed by atoms with Crippen LogP contribution in [0.15, 0.2) is 29.6 Å². The average Bonchev–Trinajstić information content (AvgIpc) is 3.34. The van der Waals surface area contributed by atoms with Crippen molar-refractivity contribution in [2.24, 2.45) is 11.1 Å². The van der Waals surface area contributed by atoms with E-state index in [0.717, 1.165) is 23.4 Å². The molecule has 2 aromatic rings. The molecule has 0 unspecified atom stereocenters. The quantitative estimate of drug-likeness (QED) is 0.754. The Morgan fingerprint density at radius 1 is 1.31 bits per heavy atom. The summed E-state index contributed by atoms with van der Waals surface area (Å²) in [6.45, 7) is 6.54. The standard InChI is InChI=1S/C21H28N4O3S/c1-21(2,3)17(19(27)25-11-5-6-16(25)18(22)26)24-20-23-15(12-29-20)13-7-9-14(28-4)10-8-13/h7-10,12,16-17H,5-6,11H2,1-4H3,(H2,22,26)(H,23,24)/t16-,17+/m0/s1. The lowest BCUT2D eigenvalue weighted by molar-refractivity contribution is -0.139. The number of ether oxygens (including phenoxy) is 1.